The van der Waals surface area contributed by atoms with E-state index in [2.05, 4.69) is 16.7 Å². The van der Waals surface area contributed by atoms with Crippen molar-refractivity contribution in [1.29, 1.82) is 5.26 Å². The highest BCUT2D eigenvalue weighted by atomic mass is 15.0. The molecule has 13 heavy (non-hydrogen) atoms. The molecule has 72 valence electrons. The topological polar surface area (TPSA) is 47.9 Å². The van der Waals surface area contributed by atoms with Gasteiger partial charge in [-0.2, -0.15) is 5.26 Å². The molecule has 2 N–H and O–H groups in total. The van der Waals surface area contributed by atoms with E-state index >= 15 is 0 Å². The number of nitrogens with zero attached hydrogens (tertiary/aromatic N) is 1. The second-order valence-corrected chi connectivity index (χ2v) is 4.30. The van der Waals surface area contributed by atoms with Crippen molar-refractivity contribution in [2.75, 3.05) is 19.6 Å². The maximum Gasteiger partial charge on any atom is 0.0703 e. The van der Waals surface area contributed by atoms with Crippen LogP contribution in [0.1, 0.15) is 25.7 Å². The Kier molecular flexibility index (Phi) is 2.52. The zero-order chi connectivity index (χ0) is 9.15. The zero-order valence-electron chi connectivity index (χ0n) is 7.97. The van der Waals surface area contributed by atoms with Gasteiger partial charge in [0, 0.05) is 12.6 Å². The van der Waals surface area contributed by atoms with Crippen LogP contribution in [-0.2, 0) is 0 Å². The molecule has 1 heterocycles. The second-order valence-electron chi connectivity index (χ2n) is 4.30. The molecule has 2 rings (SSSR count). The monoisotopic (exact) mass is 179 g/mol. The van der Waals surface area contributed by atoms with Crippen molar-refractivity contribution in [3.63, 3.8) is 0 Å². The molecule has 2 fully saturated rings. The lowest BCUT2D eigenvalue weighted by Gasteiger charge is -2.24. The van der Waals surface area contributed by atoms with Crippen LogP contribution in [0, 0.1) is 16.7 Å². The molecule has 0 amide bonds. The standard InChI is InChI=1S/C10H17N3/c11-7-10(3-4-10)8-13-9-1-5-12-6-2-9/h9,12-13H,1-6,8H2. The summed E-state index contributed by atoms with van der Waals surface area (Å²) in [6.07, 6.45) is 4.62. The van der Waals surface area contributed by atoms with Gasteiger partial charge in [-0.05, 0) is 38.8 Å². The third kappa shape index (κ3) is 2.20. The van der Waals surface area contributed by atoms with Crippen LogP contribution in [0.3, 0.4) is 0 Å². The molecule has 1 aliphatic carbocycles. The van der Waals surface area contributed by atoms with Crippen molar-refractivity contribution < 1.29 is 0 Å². The summed E-state index contributed by atoms with van der Waals surface area (Å²) in [5.74, 6) is 0. The number of hydrogen-bond donors (Lipinski definition) is 2. The van der Waals surface area contributed by atoms with Gasteiger partial charge in [0.05, 0.1) is 11.5 Å². The Balaban J connectivity index is 1.70. The number of rotatable bonds is 3. The van der Waals surface area contributed by atoms with Crippen LogP contribution < -0.4 is 10.6 Å². The maximum absolute atomic E-state index is 8.88. The average Bonchev–Trinajstić information content (AvgIpc) is 2.97. The van der Waals surface area contributed by atoms with E-state index in [-0.39, 0.29) is 5.41 Å². The predicted octanol–water partition coefficient (Wildman–Crippen LogP) is 0.632. The fourth-order valence-electron chi connectivity index (χ4n) is 1.84. The fraction of sp³-hybridized carbons (Fsp3) is 0.900. The Morgan fingerprint density at radius 3 is 2.62 bits per heavy atom. The molecule has 1 saturated carbocycles. The lowest BCUT2D eigenvalue weighted by molar-refractivity contribution is 0.370. The van der Waals surface area contributed by atoms with Gasteiger partial charge in [0.25, 0.3) is 0 Å². The Bertz CT molecular complexity index is 209. The van der Waals surface area contributed by atoms with Crippen molar-refractivity contribution >= 4 is 0 Å². The summed E-state index contributed by atoms with van der Waals surface area (Å²) in [6.45, 7) is 3.16. The largest absolute Gasteiger partial charge is 0.317 e. The van der Waals surface area contributed by atoms with E-state index in [1.54, 1.807) is 0 Å². The van der Waals surface area contributed by atoms with Crippen molar-refractivity contribution in [2.24, 2.45) is 5.41 Å². The van der Waals surface area contributed by atoms with E-state index in [0.717, 1.165) is 32.5 Å². The third-order valence-corrected chi connectivity index (χ3v) is 3.16. The summed E-state index contributed by atoms with van der Waals surface area (Å²) in [6, 6.07) is 3.06. The Labute approximate surface area is 79.5 Å². The third-order valence-electron chi connectivity index (χ3n) is 3.16. The number of hydrogen-bond acceptors (Lipinski definition) is 3. The molecule has 0 aromatic carbocycles. The molecule has 1 aliphatic heterocycles. The van der Waals surface area contributed by atoms with Crippen LogP contribution in [0.5, 0.6) is 0 Å². The first-order chi connectivity index (χ1) is 6.35. The van der Waals surface area contributed by atoms with Gasteiger partial charge >= 0.3 is 0 Å². The van der Waals surface area contributed by atoms with E-state index in [9.17, 15) is 0 Å². The van der Waals surface area contributed by atoms with Crippen LogP contribution in [0.2, 0.25) is 0 Å². The molecular weight excluding hydrogens is 162 g/mol. The highest BCUT2D eigenvalue weighted by molar-refractivity contribution is 5.11. The van der Waals surface area contributed by atoms with Crippen molar-refractivity contribution in [2.45, 2.75) is 31.7 Å². The minimum absolute atomic E-state index is 0.0187. The molecule has 3 heteroatoms. The van der Waals surface area contributed by atoms with Crippen LogP contribution >= 0.6 is 0 Å². The molecule has 2 aliphatic rings. The van der Waals surface area contributed by atoms with Crippen LogP contribution in [-0.4, -0.2) is 25.7 Å². The van der Waals surface area contributed by atoms with E-state index < -0.39 is 0 Å². The minimum atomic E-state index is 0.0187. The molecule has 0 atom stereocenters. The van der Waals surface area contributed by atoms with Gasteiger partial charge in [-0.25, -0.2) is 0 Å². The van der Waals surface area contributed by atoms with Crippen molar-refractivity contribution in [1.82, 2.24) is 10.6 Å². The quantitative estimate of drug-likeness (QED) is 0.668. The van der Waals surface area contributed by atoms with Crippen LogP contribution in [0.25, 0.3) is 0 Å². The zero-order valence-corrected chi connectivity index (χ0v) is 7.97. The summed E-state index contributed by atoms with van der Waals surface area (Å²) in [5, 5.41) is 15.7. The molecular formula is C10H17N3. The van der Waals surface area contributed by atoms with Gasteiger partial charge in [-0.3, -0.25) is 0 Å². The fourth-order valence-corrected chi connectivity index (χ4v) is 1.84. The van der Waals surface area contributed by atoms with Gasteiger partial charge in [-0.1, -0.05) is 0 Å². The van der Waals surface area contributed by atoms with Crippen molar-refractivity contribution in [3.8, 4) is 6.07 Å². The van der Waals surface area contributed by atoms with Crippen LogP contribution in [0.15, 0.2) is 0 Å². The summed E-state index contributed by atoms with van der Waals surface area (Å²) in [4.78, 5) is 0. The summed E-state index contributed by atoms with van der Waals surface area (Å²) >= 11 is 0. The summed E-state index contributed by atoms with van der Waals surface area (Å²) < 4.78 is 0. The first-order valence-electron chi connectivity index (χ1n) is 5.20. The summed E-state index contributed by atoms with van der Waals surface area (Å²) in [5.41, 5.74) is 0.0187. The second kappa shape index (κ2) is 3.65. The smallest absolute Gasteiger partial charge is 0.0703 e. The molecule has 3 nitrogen and oxygen atoms in total. The lowest BCUT2D eigenvalue weighted by Crippen LogP contribution is -2.41. The Hall–Kier alpha value is -0.590. The normalized spacial score (nSPS) is 26.7. The Morgan fingerprint density at radius 1 is 1.38 bits per heavy atom. The molecule has 0 aromatic heterocycles. The van der Waals surface area contributed by atoms with Crippen LogP contribution in [0.4, 0.5) is 0 Å². The molecule has 1 saturated heterocycles. The Morgan fingerprint density at radius 2 is 2.08 bits per heavy atom. The number of piperidine rings is 1. The average molecular weight is 179 g/mol. The minimum Gasteiger partial charge on any atom is -0.317 e. The van der Waals surface area contributed by atoms with E-state index in [1.807, 2.05) is 0 Å². The highest BCUT2D eigenvalue weighted by Crippen LogP contribution is 2.44. The van der Waals surface area contributed by atoms with Crippen molar-refractivity contribution in [3.05, 3.63) is 0 Å². The lowest BCUT2D eigenvalue weighted by atomic mass is 10.0. The van der Waals surface area contributed by atoms with Gasteiger partial charge in [0.1, 0.15) is 0 Å². The SMILES string of the molecule is N#CC1(CNC2CCNCC2)CC1. The van der Waals surface area contributed by atoms with E-state index in [4.69, 9.17) is 5.26 Å². The molecule has 0 bridgehead atoms. The summed E-state index contributed by atoms with van der Waals surface area (Å²) in [7, 11) is 0. The molecule has 0 radical (unpaired) electrons. The highest BCUT2D eigenvalue weighted by Gasteiger charge is 2.43. The number of nitriles is 1. The van der Waals surface area contributed by atoms with Gasteiger partial charge < -0.3 is 10.6 Å². The van der Waals surface area contributed by atoms with Gasteiger partial charge in [0.15, 0.2) is 0 Å². The molecule has 0 unspecified atom stereocenters. The first-order valence-corrected chi connectivity index (χ1v) is 5.20. The maximum atomic E-state index is 8.88. The van der Waals surface area contributed by atoms with E-state index in [0.29, 0.717) is 6.04 Å². The molecule has 0 aromatic rings. The first kappa shape index (κ1) is 8.98. The van der Waals surface area contributed by atoms with Gasteiger partial charge in [-0.15, -0.1) is 0 Å². The van der Waals surface area contributed by atoms with E-state index in [1.165, 1.54) is 12.8 Å². The number of nitrogens with one attached hydrogen (secondary N) is 2. The predicted molar refractivity (Wildman–Crippen MR) is 51.2 cm³/mol. The molecule has 0 spiro atoms. The van der Waals surface area contributed by atoms with Gasteiger partial charge in [0.2, 0.25) is 0 Å².